The van der Waals surface area contributed by atoms with Crippen LogP contribution in [0, 0.1) is 5.92 Å². The molecule has 2 aromatic heterocycles. The Morgan fingerprint density at radius 3 is 2.71 bits per heavy atom. The number of furan rings is 1. The lowest BCUT2D eigenvalue weighted by molar-refractivity contribution is -0.143. The summed E-state index contributed by atoms with van der Waals surface area (Å²) in [7, 11) is 0. The van der Waals surface area contributed by atoms with Gasteiger partial charge in [-0.1, -0.05) is 0 Å². The van der Waals surface area contributed by atoms with Crippen LogP contribution in [-0.2, 0) is 4.79 Å². The number of carbonyl (C=O) groups is 2. The smallest absolute Gasteiger partial charge is 0.308 e. The van der Waals surface area contributed by atoms with E-state index in [1.807, 2.05) is 6.92 Å². The van der Waals surface area contributed by atoms with Gasteiger partial charge in [-0.05, 0) is 44.0 Å². The molecule has 1 amide bonds. The van der Waals surface area contributed by atoms with E-state index in [-0.39, 0.29) is 18.2 Å². The number of carbonyl (C=O) groups excluding carboxylic acids is 1. The molecular formula is C17H18N2O5. The first-order chi connectivity index (χ1) is 11.5. The van der Waals surface area contributed by atoms with Crippen molar-refractivity contribution < 1.29 is 19.1 Å². The third-order valence-corrected chi connectivity index (χ3v) is 4.42. The number of nitrogens with zero attached hydrogens (tertiary/aromatic N) is 1. The topological polar surface area (TPSA) is 104 Å². The van der Waals surface area contributed by atoms with Crippen LogP contribution in [0.15, 0.2) is 39.7 Å². The second kappa shape index (κ2) is 6.35. The van der Waals surface area contributed by atoms with E-state index in [1.165, 1.54) is 17.2 Å². The summed E-state index contributed by atoms with van der Waals surface area (Å²) in [4.78, 5) is 40.3. The number of aliphatic carboxylic acids is 1. The zero-order chi connectivity index (χ0) is 17.3. The van der Waals surface area contributed by atoms with E-state index in [1.54, 1.807) is 18.2 Å². The molecule has 7 heteroatoms. The van der Waals surface area contributed by atoms with E-state index < -0.39 is 23.4 Å². The van der Waals surface area contributed by atoms with Crippen LogP contribution >= 0.6 is 0 Å². The van der Waals surface area contributed by atoms with Gasteiger partial charge in [0, 0.05) is 12.6 Å². The fraction of sp³-hybridized carbons (Fsp3) is 0.353. The van der Waals surface area contributed by atoms with Gasteiger partial charge in [0.1, 0.15) is 11.3 Å². The van der Waals surface area contributed by atoms with Crippen LogP contribution in [0.25, 0.3) is 11.5 Å². The minimum absolute atomic E-state index is 0.00296. The van der Waals surface area contributed by atoms with Gasteiger partial charge in [-0.25, -0.2) is 0 Å². The lowest BCUT2D eigenvalue weighted by atomic mass is 9.93. The largest absolute Gasteiger partial charge is 0.481 e. The number of aromatic amines is 1. The number of rotatable bonds is 3. The van der Waals surface area contributed by atoms with Crippen molar-refractivity contribution in [2.45, 2.75) is 25.8 Å². The lowest BCUT2D eigenvalue weighted by Crippen LogP contribution is -2.48. The Balaban J connectivity index is 1.86. The molecule has 2 unspecified atom stereocenters. The Kier molecular flexibility index (Phi) is 4.24. The first-order valence-corrected chi connectivity index (χ1v) is 7.78. The monoisotopic (exact) mass is 330 g/mol. The van der Waals surface area contributed by atoms with Gasteiger partial charge >= 0.3 is 5.97 Å². The van der Waals surface area contributed by atoms with Gasteiger partial charge in [0.05, 0.1) is 17.9 Å². The number of piperidine rings is 1. The van der Waals surface area contributed by atoms with Crippen LogP contribution in [0.4, 0.5) is 0 Å². The average Bonchev–Trinajstić information content (AvgIpc) is 3.09. The van der Waals surface area contributed by atoms with Gasteiger partial charge in [0.15, 0.2) is 0 Å². The van der Waals surface area contributed by atoms with Crippen LogP contribution in [0.2, 0.25) is 0 Å². The molecule has 1 fully saturated rings. The van der Waals surface area contributed by atoms with Crippen LogP contribution in [0.5, 0.6) is 0 Å². The predicted octanol–water partition coefficient (Wildman–Crippen LogP) is 1.96. The molecule has 1 saturated heterocycles. The van der Waals surface area contributed by atoms with E-state index >= 15 is 0 Å². The first kappa shape index (κ1) is 16.0. The SMILES string of the molecule is CC1CCC(C(=O)O)CN1C(=O)c1ccc(-c2ccco2)[nH]c1=O. The number of hydrogen-bond acceptors (Lipinski definition) is 4. The summed E-state index contributed by atoms with van der Waals surface area (Å²) in [6.45, 7) is 1.98. The third kappa shape index (κ3) is 2.97. The van der Waals surface area contributed by atoms with Crippen molar-refractivity contribution in [3.63, 3.8) is 0 Å². The summed E-state index contributed by atoms with van der Waals surface area (Å²) in [6, 6.07) is 6.37. The first-order valence-electron chi connectivity index (χ1n) is 7.78. The molecule has 0 aliphatic carbocycles. The normalized spacial score (nSPS) is 20.8. The van der Waals surface area contributed by atoms with Crippen LogP contribution in [0.3, 0.4) is 0 Å². The number of hydrogen-bond donors (Lipinski definition) is 2. The fourth-order valence-corrected chi connectivity index (χ4v) is 2.96. The highest BCUT2D eigenvalue weighted by molar-refractivity contribution is 5.94. The van der Waals surface area contributed by atoms with Crippen molar-refractivity contribution in [2.24, 2.45) is 5.92 Å². The number of aromatic nitrogens is 1. The van der Waals surface area contributed by atoms with Crippen molar-refractivity contribution in [1.29, 1.82) is 0 Å². The highest BCUT2D eigenvalue weighted by atomic mass is 16.4. The maximum absolute atomic E-state index is 12.7. The second-order valence-electron chi connectivity index (χ2n) is 6.01. The van der Waals surface area contributed by atoms with Crippen molar-refractivity contribution in [3.8, 4) is 11.5 Å². The van der Waals surface area contributed by atoms with E-state index in [2.05, 4.69) is 4.98 Å². The van der Waals surface area contributed by atoms with Crippen LogP contribution in [-0.4, -0.2) is 39.5 Å². The average molecular weight is 330 g/mol. The van der Waals surface area contributed by atoms with Crippen LogP contribution in [0.1, 0.15) is 30.1 Å². The summed E-state index contributed by atoms with van der Waals surface area (Å²) in [5, 5.41) is 9.17. The Labute approximate surface area is 137 Å². The van der Waals surface area contributed by atoms with Gasteiger partial charge in [-0.3, -0.25) is 14.4 Å². The molecule has 0 radical (unpaired) electrons. The molecule has 0 spiro atoms. The molecule has 126 valence electrons. The number of pyridine rings is 1. The zero-order valence-corrected chi connectivity index (χ0v) is 13.2. The van der Waals surface area contributed by atoms with Crippen molar-refractivity contribution in [3.05, 3.63) is 46.4 Å². The molecule has 2 atom stereocenters. The summed E-state index contributed by atoms with van der Waals surface area (Å²) >= 11 is 0. The van der Waals surface area contributed by atoms with E-state index in [9.17, 15) is 19.5 Å². The molecule has 1 aliphatic heterocycles. The fourth-order valence-electron chi connectivity index (χ4n) is 2.96. The van der Waals surface area contributed by atoms with E-state index in [4.69, 9.17) is 4.42 Å². The number of H-pyrrole nitrogens is 1. The number of nitrogens with one attached hydrogen (secondary N) is 1. The molecular weight excluding hydrogens is 312 g/mol. The Hall–Kier alpha value is -2.83. The minimum atomic E-state index is -0.915. The number of carboxylic acids is 1. The maximum atomic E-state index is 12.7. The molecule has 1 aliphatic rings. The summed E-state index contributed by atoms with van der Waals surface area (Å²) in [5.74, 6) is -1.45. The maximum Gasteiger partial charge on any atom is 0.308 e. The Bertz CT molecular complexity index is 809. The minimum Gasteiger partial charge on any atom is -0.481 e. The van der Waals surface area contributed by atoms with Gasteiger partial charge in [0.2, 0.25) is 0 Å². The highest BCUT2D eigenvalue weighted by Gasteiger charge is 2.33. The lowest BCUT2D eigenvalue weighted by Gasteiger charge is -2.36. The standard InChI is InChI=1S/C17H18N2O5/c1-10-4-5-11(17(22)23)9-19(10)16(21)12-6-7-13(18-15(12)20)14-3-2-8-24-14/h2-3,6-8,10-11H,4-5,9H2,1H3,(H,18,20)(H,22,23). The van der Waals surface area contributed by atoms with E-state index in [0.29, 0.717) is 24.3 Å². The van der Waals surface area contributed by atoms with E-state index in [0.717, 1.165) is 0 Å². The summed E-state index contributed by atoms with van der Waals surface area (Å²) in [5.41, 5.74) is -0.0293. The number of carboxylic acid groups (broad SMARTS) is 1. The molecule has 7 nitrogen and oxygen atoms in total. The molecule has 2 aromatic rings. The molecule has 24 heavy (non-hydrogen) atoms. The van der Waals surface area contributed by atoms with Gasteiger partial charge < -0.3 is 19.4 Å². The zero-order valence-electron chi connectivity index (χ0n) is 13.2. The number of likely N-dealkylation sites (tertiary alicyclic amines) is 1. The highest BCUT2D eigenvalue weighted by Crippen LogP contribution is 2.24. The summed E-state index contributed by atoms with van der Waals surface area (Å²) < 4.78 is 5.22. The molecule has 3 rings (SSSR count). The van der Waals surface area contributed by atoms with Gasteiger partial charge in [-0.15, -0.1) is 0 Å². The van der Waals surface area contributed by atoms with Crippen LogP contribution < -0.4 is 5.56 Å². The Morgan fingerprint density at radius 1 is 1.29 bits per heavy atom. The quantitative estimate of drug-likeness (QED) is 0.895. The predicted molar refractivity (Wildman–Crippen MR) is 85.6 cm³/mol. The molecule has 0 aromatic carbocycles. The van der Waals surface area contributed by atoms with Crippen molar-refractivity contribution in [2.75, 3.05) is 6.54 Å². The molecule has 0 bridgehead atoms. The summed E-state index contributed by atoms with van der Waals surface area (Å²) in [6.07, 6.45) is 2.63. The van der Waals surface area contributed by atoms with Gasteiger partial charge in [-0.2, -0.15) is 0 Å². The van der Waals surface area contributed by atoms with Gasteiger partial charge in [0.25, 0.3) is 11.5 Å². The molecule has 0 saturated carbocycles. The number of amides is 1. The second-order valence-corrected chi connectivity index (χ2v) is 6.01. The van der Waals surface area contributed by atoms with Crippen molar-refractivity contribution >= 4 is 11.9 Å². The van der Waals surface area contributed by atoms with Crippen molar-refractivity contribution in [1.82, 2.24) is 9.88 Å². The Morgan fingerprint density at radius 2 is 2.08 bits per heavy atom. The molecule has 2 N–H and O–H groups in total. The third-order valence-electron chi connectivity index (χ3n) is 4.42. The molecule has 3 heterocycles.